The minimum absolute atomic E-state index is 0.0489. The van der Waals surface area contributed by atoms with Gasteiger partial charge in [0.25, 0.3) is 0 Å². The van der Waals surface area contributed by atoms with Crippen molar-refractivity contribution in [2.75, 3.05) is 30.3 Å². The lowest BCUT2D eigenvalue weighted by Crippen LogP contribution is -2.55. The zero-order valence-corrected chi connectivity index (χ0v) is 17.9. The molecule has 2 fully saturated rings. The van der Waals surface area contributed by atoms with Crippen LogP contribution in [0, 0.1) is 5.41 Å². The number of nitrogens with zero attached hydrogens (tertiary/aromatic N) is 3. The van der Waals surface area contributed by atoms with Gasteiger partial charge < -0.3 is 25.4 Å². The fourth-order valence-electron chi connectivity index (χ4n) is 3.85. The first-order valence-corrected chi connectivity index (χ1v) is 10.0. The molecule has 0 radical (unpaired) electrons. The van der Waals surface area contributed by atoms with Gasteiger partial charge in [-0.2, -0.15) is 0 Å². The molecular formula is C18H28BrN5O3. The fourth-order valence-corrected chi connectivity index (χ4v) is 4.05. The molecule has 2 saturated heterocycles. The van der Waals surface area contributed by atoms with E-state index in [0.717, 1.165) is 31.7 Å². The van der Waals surface area contributed by atoms with Gasteiger partial charge in [-0.05, 0) is 56.5 Å². The first-order chi connectivity index (χ1) is 12.6. The summed E-state index contributed by atoms with van der Waals surface area (Å²) in [7, 11) is 0. The van der Waals surface area contributed by atoms with Crippen LogP contribution < -0.4 is 16.0 Å². The molecule has 0 aliphatic carbocycles. The number of nitrogens with two attached hydrogens (primary N) is 1. The quantitative estimate of drug-likeness (QED) is 0.726. The van der Waals surface area contributed by atoms with Crippen LogP contribution in [0.5, 0.6) is 0 Å². The summed E-state index contributed by atoms with van der Waals surface area (Å²) in [4.78, 5) is 23.1. The number of halogens is 1. The Hall–Kier alpha value is -1.61. The summed E-state index contributed by atoms with van der Waals surface area (Å²) in [5, 5.41) is 3.06. The summed E-state index contributed by atoms with van der Waals surface area (Å²) in [6, 6.07) is -0.0735. The first-order valence-electron chi connectivity index (χ1n) is 9.24. The lowest BCUT2D eigenvalue weighted by Gasteiger charge is -2.42. The van der Waals surface area contributed by atoms with E-state index in [0.29, 0.717) is 17.0 Å². The van der Waals surface area contributed by atoms with Crippen LogP contribution in [0.15, 0.2) is 10.8 Å². The van der Waals surface area contributed by atoms with Crippen LogP contribution >= 0.6 is 15.9 Å². The van der Waals surface area contributed by atoms with Crippen LogP contribution in [0.25, 0.3) is 0 Å². The van der Waals surface area contributed by atoms with Gasteiger partial charge in [-0.3, -0.25) is 0 Å². The Balaban J connectivity index is 1.67. The number of amides is 1. The Morgan fingerprint density at radius 2 is 2.11 bits per heavy atom. The molecule has 2 aliphatic heterocycles. The van der Waals surface area contributed by atoms with Gasteiger partial charge in [0.05, 0.1) is 24.9 Å². The second-order valence-electron chi connectivity index (χ2n) is 8.39. The van der Waals surface area contributed by atoms with Crippen molar-refractivity contribution in [3.8, 4) is 0 Å². The fraction of sp³-hybridized carbons (Fsp3) is 0.722. The standard InChI is InChI=1S/C18H28BrN5O3/c1-11-13(23-16(25)27-17(2,3)4)18(10-26-11)5-7-24(8-6-18)12-9-21-14(19)15(20)22-12/h9,11,13H,5-8,10H2,1-4H3,(H2,20,22)(H,23,25)/t11-,13+/m0/s1. The topological polar surface area (TPSA) is 103 Å². The third-order valence-electron chi connectivity index (χ3n) is 5.26. The van der Waals surface area contributed by atoms with Crippen molar-refractivity contribution in [2.45, 2.75) is 58.3 Å². The second kappa shape index (κ2) is 7.43. The lowest BCUT2D eigenvalue weighted by molar-refractivity contribution is 0.0434. The summed E-state index contributed by atoms with van der Waals surface area (Å²) < 4.78 is 11.9. The average molecular weight is 442 g/mol. The predicted molar refractivity (Wildman–Crippen MR) is 107 cm³/mol. The van der Waals surface area contributed by atoms with Gasteiger partial charge in [0.1, 0.15) is 16.0 Å². The molecule has 3 N–H and O–H groups in total. The molecule has 0 aromatic carbocycles. The molecule has 8 nitrogen and oxygen atoms in total. The van der Waals surface area contributed by atoms with Crippen LogP contribution in [0.2, 0.25) is 0 Å². The van der Waals surface area contributed by atoms with E-state index >= 15 is 0 Å². The number of alkyl carbamates (subject to hydrolysis) is 1. The number of carbonyl (C=O) groups is 1. The molecule has 1 aromatic rings. The number of carbonyl (C=O) groups excluding carboxylic acids is 1. The van der Waals surface area contributed by atoms with Gasteiger partial charge in [0, 0.05) is 18.5 Å². The predicted octanol–water partition coefficient (Wildman–Crippen LogP) is 2.72. The van der Waals surface area contributed by atoms with Crippen molar-refractivity contribution >= 4 is 33.7 Å². The summed E-state index contributed by atoms with van der Waals surface area (Å²) in [6.07, 6.45) is 3.05. The summed E-state index contributed by atoms with van der Waals surface area (Å²) in [5.41, 5.74) is 5.24. The molecule has 1 spiro atoms. The van der Waals surface area contributed by atoms with E-state index in [9.17, 15) is 4.79 Å². The van der Waals surface area contributed by atoms with Crippen molar-refractivity contribution in [2.24, 2.45) is 5.41 Å². The molecule has 2 atom stereocenters. The number of aromatic nitrogens is 2. The molecule has 1 amide bonds. The minimum atomic E-state index is -0.524. The van der Waals surface area contributed by atoms with Gasteiger partial charge in [0.2, 0.25) is 0 Å². The van der Waals surface area contributed by atoms with Crippen LogP contribution in [-0.2, 0) is 9.47 Å². The highest BCUT2D eigenvalue weighted by atomic mass is 79.9. The molecule has 0 unspecified atom stereocenters. The largest absolute Gasteiger partial charge is 0.444 e. The van der Waals surface area contributed by atoms with E-state index in [4.69, 9.17) is 15.2 Å². The number of piperidine rings is 1. The van der Waals surface area contributed by atoms with E-state index in [2.05, 4.69) is 36.1 Å². The van der Waals surface area contributed by atoms with E-state index in [-0.39, 0.29) is 17.6 Å². The number of rotatable bonds is 2. The van der Waals surface area contributed by atoms with E-state index in [1.807, 2.05) is 27.7 Å². The number of nitrogen functional groups attached to an aromatic ring is 1. The zero-order valence-electron chi connectivity index (χ0n) is 16.3. The Kier molecular flexibility index (Phi) is 5.54. The molecule has 3 heterocycles. The van der Waals surface area contributed by atoms with Crippen molar-refractivity contribution in [1.82, 2.24) is 15.3 Å². The van der Waals surface area contributed by atoms with Gasteiger partial charge in [-0.25, -0.2) is 14.8 Å². The monoisotopic (exact) mass is 441 g/mol. The average Bonchev–Trinajstić information content (AvgIpc) is 2.86. The van der Waals surface area contributed by atoms with Gasteiger partial charge in [-0.15, -0.1) is 0 Å². The van der Waals surface area contributed by atoms with E-state index in [1.165, 1.54) is 0 Å². The Labute approximate surface area is 168 Å². The second-order valence-corrected chi connectivity index (χ2v) is 9.14. The summed E-state index contributed by atoms with van der Waals surface area (Å²) >= 11 is 3.27. The number of nitrogens with one attached hydrogen (secondary N) is 1. The van der Waals surface area contributed by atoms with Gasteiger partial charge in [0.15, 0.2) is 5.82 Å². The lowest BCUT2D eigenvalue weighted by atomic mass is 9.73. The molecule has 0 saturated carbocycles. The molecule has 1 aromatic heterocycles. The first kappa shape index (κ1) is 20.1. The summed E-state index contributed by atoms with van der Waals surface area (Å²) in [6.45, 7) is 9.83. The van der Waals surface area contributed by atoms with Crippen LogP contribution in [0.1, 0.15) is 40.5 Å². The third kappa shape index (κ3) is 4.45. The Bertz CT molecular complexity index is 701. The highest BCUT2D eigenvalue weighted by Crippen LogP contribution is 2.43. The SMILES string of the molecule is C[C@@H]1OCC2(CCN(c3cnc(Br)c(N)n3)CC2)[C@@H]1NC(=O)OC(C)(C)C. The number of hydrogen-bond donors (Lipinski definition) is 2. The Morgan fingerprint density at radius 1 is 1.44 bits per heavy atom. The highest BCUT2D eigenvalue weighted by molar-refractivity contribution is 9.10. The van der Waals surface area contributed by atoms with Gasteiger partial charge in [-0.1, -0.05) is 0 Å². The van der Waals surface area contributed by atoms with Crippen LogP contribution in [0.4, 0.5) is 16.4 Å². The maximum absolute atomic E-state index is 12.3. The van der Waals surface area contributed by atoms with Crippen molar-refractivity contribution in [1.29, 1.82) is 0 Å². The zero-order chi connectivity index (χ0) is 19.8. The normalized spacial score (nSPS) is 24.9. The molecule has 3 rings (SSSR count). The molecule has 9 heteroatoms. The molecule has 27 heavy (non-hydrogen) atoms. The molecular weight excluding hydrogens is 414 g/mol. The Morgan fingerprint density at radius 3 is 2.70 bits per heavy atom. The molecule has 2 aliphatic rings. The maximum Gasteiger partial charge on any atom is 0.407 e. The summed E-state index contributed by atoms with van der Waals surface area (Å²) in [5.74, 6) is 1.16. The minimum Gasteiger partial charge on any atom is -0.444 e. The van der Waals surface area contributed by atoms with Crippen molar-refractivity contribution < 1.29 is 14.3 Å². The highest BCUT2D eigenvalue weighted by Gasteiger charge is 2.50. The van der Waals surface area contributed by atoms with Gasteiger partial charge >= 0.3 is 6.09 Å². The molecule has 150 valence electrons. The van der Waals surface area contributed by atoms with E-state index in [1.54, 1.807) is 6.20 Å². The van der Waals surface area contributed by atoms with Crippen molar-refractivity contribution in [3.05, 3.63) is 10.8 Å². The van der Waals surface area contributed by atoms with Crippen LogP contribution in [-0.4, -0.2) is 53.5 Å². The third-order valence-corrected chi connectivity index (χ3v) is 5.87. The molecule has 0 bridgehead atoms. The van der Waals surface area contributed by atoms with Crippen molar-refractivity contribution in [3.63, 3.8) is 0 Å². The number of anilines is 2. The smallest absolute Gasteiger partial charge is 0.407 e. The van der Waals surface area contributed by atoms with Crippen LogP contribution in [0.3, 0.4) is 0 Å². The number of ether oxygens (including phenoxy) is 2. The number of hydrogen-bond acceptors (Lipinski definition) is 7. The van der Waals surface area contributed by atoms with E-state index < -0.39 is 11.7 Å². The maximum atomic E-state index is 12.3.